The van der Waals surface area contributed by atoms with Crippen LogP contribution in [0, 0.1) is 17.8 Å². The molecular formula is C29H37N3O. The minimum atomic E-state index is 0.0661. The van der Waals surface area contributed by atoms with E-state index in [9.17, 15) is 0 Å². The number of hydrogen-bond donors (Lipinski definition) is 1. The number of fused-ring (bicyclic) bond motifs is 1. The molecule has 1 fully saturated rings. The molecule has 1 aromatic carbocycles. The van der Waals surface area contributed by atoms with Crippen LogP contribution in [0.4, 0.5) is 5.69 Å². The monoisotopic (exact) mass is 443 g/mol. The molecule has 1 saturated heterocycles. The summed E-state index contributed by atoms with van der Waals surface area (Å²) in [7, 11) is 0. The van der Waals surface area contributed by atoms with Crippen molar-refractivity contribution in [1.29, 1.82) is 0 Å². The average molecular weight is 444 g/mol. The first kappa shape index (κ1) is 23.4. The number of benzene rings is 1. The summed E-state index contributed by atoms with van der Waals surface area (Å²) in [4.78, 5) is 4.58. The lowest BCUT2D eigenvalue weighted by Crippen LogP contribution is -2.16. The predicted octanol–water partition coefficient (Wildman–Crippen LogP) is 6.18. The van der Waals surface area contributed by atoms with E-state index in [1.807, 2.05) is 6.20 Å². The first-order valence-corrected chi connectivity index (χ1v) is 12.3. The lowest BCUT2D eigenvalue weighted by atomic mass is 9.92. The topological polar surface area (TPSA) is 39.1 Å². The van der Waals surface area contributed by atoms with Crippen LogP contribution in [-0.2, 0) is 23.1 Å². The quantitative estimate of drug-likeness (QED) is 0.463. The van der Waals surface area contributed by atoms with Crippen LogP contribution in [-0.4, -0.2) is 29.3 Å². The second-order valence-electron chi connectivity index (χ2n) is 10.1. The predicted molar refractivity (Wildman–Crippen MR) is 138 cm³/mol. The van der Waals surface area contributed by atoms with Crippen molar-refractivity contribution >= 4 is 16.6 Å². The Morgan fingerprint density at radius 3 is 2.64 bits per heavy atom. The van der Waals surface area contributed by atoms with E-state index < -0.39 is 0 Å². The molecule has 0 amide bonds. The van der Waals surface area contributed by atoms with Crippen molar-refractivity contribution in [2.75, 3.05) is 25.1 Å². The van der Waals surface area contributed by atoms with Crippen LogP contribution in [0.2, 0.25) is 0 Å². The Hall–Kier alpha value is -2.77. The molecule has 0 aliphatic carbocycles. The summed E-state index contributed by atoms with van der Waals surface area (Å²) in [5, 5.41) is 4.66. The molecule has 174 valence electrons. The van der Waals surface area contributed by atoms with E-state index >= 15 is 0 Å². The number of ether oxygens (including phenoxy) is 1. The summed E-state index contributed by atoms with van der Waals surface area (Å²) in [6.07, 6.45) is 6.71. The lowest BCUT2D eigenvalue weighted by molar-refractivity contribution is 0.0640. The molecule has 0 unspecified atom stereocenters. The van der Waals surface area contributed by atoms with Crippen molar-refractivity contribution in [2.45, 2.75) is 65.3 Å². The second kappa shape index (κ2) is 10.4. The largest absolute Gasteiger partial charge is 0.381 e. The van der Waals surface area contributed by atoms with Gasteiger partial charge >= 0.3 is 0 Å². The standard InChI is InChI=1S/C29H37N3O/c1-5-32-26(7-6-16-30-25-11-13-28(31-21-25)29(2,3)4)20-24-19-23(10-12-27(24)32)9-8-22-14-17-33-18-15-22/h10-13,19-22,30H,5,8-9,14-18H2,1-4H3. The number of anilines is 1. The molecule has 0 saturated carbocycles. The zero-order chi connectivity index (χ0) is 23.3. The van der Waals surface area contributed by atoms with Gasteiger partial charge in [-0.25, -0.2) is 0 Å². The molecule has 0 bridgehead atoms. The minimum absolute atomic E-state index is 0.0661. The minimum Gasteiger partial charge on any atom is -0.381 e. The number of nitrogens with one attached hydrogen (secondary N) is 1. The van der Waals surface area contributed by atoms with E-state index in [1.165, 1.54) is 35.7 Å². The normalized spacial score (nSPS) is 14.8. The van der Waals surface area contributed by atoms with Gasteiger partial charge in [-0.1, -0.05) is 32.8 Å². The van der Waals surface area contributed by atoms with E-state index in [-0.39, 0.29) is 5.41 Å². The first-order valence-electron chi connectivity index (χ1n) is 12.3. The van der Waals surface area contributed by atoms with Crippen molar-refractivity contribution in [3.63, 3.8) is 0 Å². The van der Waals surface area contributed by atoms with Crippen LogP contribution in [0.25, 0.3) is 10.9 Å². The van der Waals surface area contributed by atoms with Crippen LogP contribution >= 0.6 is 0 Å². The number of aromatic nitrogens is 2. The van der Waals surface area contributed by atoms with Crippen LogP contribution < -0.4 is 5.32 Å². The Balaban J connectivity index is 1.40. The molecule has 3 aromatic rings. The van der Waals surface area contributed by atoms with Crippen LogP contribution in [0.5, 0.6) is 0 Å². The Morgan fingerprint density at radius 1 is 1.12 bits per heavy atom. The van der Waals surface area contributed by atoms with Gasteiger partial charge in [0.2, 0.25) is 0 Å². The molecule has 2 aromatic heterocycles. The summed E-state index contributed by atoms with van der Waals surface area (Å²) in [6.45, 7) is 12.1. The maximum absolute atomic E-state index is 5.50. The van der Waals surface area contributed by atoms with Crippen molar-refractivity contribution < 1.29 is 4.74 Å². The number of hydrogen-bond acceptors (Lipinski definition) is 3. The Labute approximate surface area is 198 Å². The number of nitrogens with zero attached hydrogens (tertiary/aromatic N) is 2. The molecule has 1 N–H and O–H groups in total. The Kier molecular flexibility index (Phi) is 7.40. The number of pyridine rings is 1. The van der Waals surface area contributed by atoms with Gasteiger partial charge in [0, 0.05) is 41.8 Å². The third-order valence-electron chi connectivity index (χ3n) is 6.59. The molecule has 4 heteroatoms. The summed E-state index contributed by atoms with van der Waals surface area (Å²) >= 11 is 0. The maximum Gasteiger partial charge on any atom is 0.0931 e. The zero-order valence-corrected chi connectivity index (χ0v) is 20.6. The fourth-order valence-electron chi connectivity index (χ4n) is 4.55. The molecule has 33 heavy (non-hydrogen) atoms. The van der Waals surface area contributed by atoms with Gasteiger partial charge in [-0.3, -0.25) is 4.98 Å². The average Bonchev–Trinajstić information content (AvgIpc) is 3.17. The smallest absolute Gasteiger partial charge is 0.0931 e. The molecule has 1 aliphatic rings. The third kappa shape index (κ3) is 5.97. The Morgan fingerprint density at radius 2 is 1.94 bits per heavy atom. The highest BCUT2D eigenvalue weighted by Crippen LogP contribution is 2.25. The zero-order valence-electron chi connectivity index (χ0n) is 20.6. The van der Waals surface area contributed by atoms with Gasteiger partial charge in [0.15, 0.2) is 0 Å². The molecule has 0 atom stereocenters. The highest BCUT2D eigenvalue weighted by atomic mass is 16.5. The van der Waals surface area contributed by atoms with Crippen LogP contribution in [0.15, 0.2) is 42.6 Å². The van der Waals surface area contributed by atoms with Crippen LogP contribution in [0.3, 0.4) is 0 Å². The van der Waals surface area contributed by atoms with E-state index in [0.29, 0.717) is 6.54 Å². The Bertz CT molecular complexity index is 1120. The number of rotatable bonds is 6. The summed E-state index contributed by atoms with van der Waals surface area (Å²) in [6, 6.07) is 13.3. The van der Waals surface area contributed by atoms with Gasteiger partial charge in [0.05, 0.1) is 24.1 Å². The van der Waals surface area contributed by atoms with Gasteiger partial charge in [0.1, 0.15) is 0 Å². The molecule has 1 aliphatic heterocycles. The van der Waals surface area contributed by atoms with Gasteiger partial charge in [-0.2, -0.15) is 0 Å². The molecule has 3 heterocycles. The van der Waals surface area contributed by atoms with Crippen molar-refractivity contribution in [3.05, 3.63) is 59.5 Å². The second-order valence-corrected chi connectivity index (χ2v) is 10.1. The molecule has 0 radical (unpaired) electrons. The van der Waals surface area contributed by atoms with Crippen LogP contribution in [0.1, 0.15) is 63.9 Å². The fourth-order valence-corrected chi connectivity index (χ4v) is 4.55. The summed E-state index contributed by atoms with van der Waals surface area (Å²) in [5.41, 5.74) is 5.94. The van der Waals surface area contributed by atoms with Crippen molar-refractivity contribution in [1.82, 2.24) is 9.55 Å². The van der Waals surface area contributed by atoms with E-state index in [2.05, 4.69) is 90.8 Å². The molecular weight excluding hydrogens is 406 g/mol. The van der Waals surface area contributed by atoms with Gasteiger partial charge in [-0.05, 0) is 80.3 Å². The van der Waals surface area contributed by atoms with Gasteiger partial charge in [0.25, 0.3) is 0 Å². The van der Waals surface area contributed by atoms with Crippen molar-refractivity contribution in [2.24, 2.45) is 5.92 Å². The molecule has 4 rings (SSSR count). The molecule has 4 nitrogen and oxygen atoms in total. The maximum atomic E-state index is 5.50. The SMILES string of the molecule is CCn1c(C#CCNc2ccc(C(C)(C)C)nc2)cc2cc(CCC3CCOCC3)ccc21. The third-order valence-corrected chi connectivity index (χ3v) is 6.59. The summed E-state index contributed by atoms with van der Waals surface area (Å²) in [5.74, 6) is 7.48. The first-order chi connectivity index (χ1) is 15.9. The highest BCUT2D eigenvalue weighted by Gasteiger charge is 2.15. The van der Waals surface area contributed by atoms with Crippen molar-refractivity contribution in [3.8, 4) is 11.8 Å². The summed E-state index contributed by atoms with van der Waals surface area (Å²) < 4.78 is 7.81. The lowest BCUT2D eigenvalue weighted by Gasteiger charge is -2.21. The van der Waals surface area contributed by atoms with E-state index in [4.69, 9.17) is 4.74 Å². The molecule has 0 spiro atoms. The van der Waals surface area contributed by atoms with E-state index in [0.717, 1.165) is 49.2 Å². The fraction of sp³-hybridized carbons (Fsp3) is 0.483. The number of aryl methyl sites for hydroxylation is 2. The van der Waals surface area contributed by atoms with Gasteiger partial charge in [-0.15, -0.1) is 0 Å². The van der Waals surface area contributed by atoms with Gasteiger partial charge < -0.3 is 14.6 Å². The van der Waals surface area contributed by atoms with E-state index in [1.54, 1.807) is 0 Å². The highest BCUT2D eigenvalue weighted by molar-refractivity contribution is 5.83.